The van der Waals surface area contributed by atoms with E-state index in [2.05, 4.69) is 10.6 Å². The van der Waals surface area contributed by atoms with E-state index in [1.165, 1.54) is 7.11 Å². The maximum Gasteiger partial charge on any atom is 0.307 e. The van der Waals surface area contributed by atoms with Gasteiger partial charge in [-0.15, -0.1) is 11.8 Å². The van der Waals surface area contributed by atoms with Crippen molar-refractivity contribution in [2.45, 2.75) is 23.5 Å². The summed E-state index contributed by atoms with van der Waals surface area (Å²) in [5, 5.41) is 6.01. The van der Waals surface area contributed by atoms with Gasteiger partial charge in [0.1, 0.15) is 6.10 Å². The number of thioether (sulfide) groups is 1. The van der Waals surface area contributed by atoms with Crippen molar-refractivity contribution in [2.75, 3.05) is 33.1 Å². The molecule has 23 heavy (non-hydrogen) atoms. The number of nitrogens with one attached hydrogen (secondary N) is 2. The number of methoxy groups -OCH3 is 1. The van der Waals surface area contributed by atoms with Gasteiger partial charge in [0.15, 0.2) is 0 Å². The number of hydrogen-bond acceptors (Lipinski definition) is 6. The first-order valence-electron chi connectivity index (χ1n) is 7.47. The normalized spacial score (nSPS) is 19.0. The molecule has 2 N–H and O–H groups in total. The van der Waals surface area contributed by atoms with E-state index in [1.807, 2.05) is 30.5 Å². The van der Waals surface area contributed by atoms with Gasteiger partial charge in [-0.05, 0) is 24.0 Å². The molecule has 0 saturated carbocycles. The molecule has 7 heteroatoms. The fourth-order valence-electron chi connectivity index (χ4n) is 2.34. The first-order valence-corrected chi connectivity index (χ1v) is 8.70. The van der Waals surface area contributed by atoms with Crippen LogP contribution in [0.3, 0.4) is 0 Å². The molecule has 126 valence electrons. The largest absolute Gasteiger partial charge is 0.469 e. The van der Waals surface area contributed by atoms with E-state index in [-0.39, 0.29) is 18.3 Å². The molecule has 1 fully saturated rings. The minimum Gasteiger partial charge on any atom is -0.469 e. The van der Waals surface area contributed by atoms with Crippen LogP contribution in [0, 0.1) is 0 Å². The number of rotatable bonds is 6. The molecule has 0 bridgehead atoms. The number of hydrogen-bond donors (Lipinski definition) is 2. The Morgan fingerprint density at radius 3 is 2.74 bits per heavy atom. The molecule has 1 aromatic carbocycles. The van der Waals surface area contributed by atoms with Crippen molar-refractivity contribution < 1.29 is 19.1 Å². The van der Waals surface area contributed by atoms with Gasteiger partial charge in [0, 0.05) is 18.0 Å². The Morgan fingerprint density at radius 2 is 2.17 bits per heavy atom. The summed E-state index contributed by atoms with van der Waals surface area (Å²) in [4.78, 5) is 25.1. The van der Waals surface area contributed by atoms with Crippen LogP contribution in [-0.2, 0) is 19.1 Å². The molecule has 1 amide bonds. The van der Waals surface area contributed by atoms with Gasteiger partial charge in [-0.2, -0.15) is 0 Å². The Morgan fingerprint density at radius 1 is 1.43 bits per heavy atom. The molecule has 0 aromatic heterocycles. The van der Waals surface area contributed by atoms with Crippen LogP contribution in [0.1, 0.15) is 18.0 Å². The Bertz CT molecular complexity index is 529. The van der Waals surface area contributed by atoms with E-state index in [4.69, 9.17) is 9.47 Å². The van der Waals surface area contributed by atoms with Crippen LogP contribution >= 0.6 is 11.8 Å². The Kier molecular flexibility index (Phi) is 6.88. The van der Waals surface area contributed by atoms with Crippen LogP contribution < -0.4 is 10.6 Å². The first kappa shape index (κ1) is 17.8. The van der Waals surface area contributed by atoms with Crippen molar-refractivity contribution in [3.05, 3.63) is 29.8 Å². The molecule has 1 saturated heterocycles. The Labute approximate surface area is 140 Å². The lowest BCUT2D eigenvalue weighted by Crippen LogP contribution is -2.48. The lowest BCUT2D eigenvalue weighted by molar-refractivity contribution is -0.142. The van der Waals surface area contributed by atoms with Gasteiger partial charge in [0.05, 0.1) is 26.2 Å². The van der Waals surface area contributed by atoms with Gasteiger partial charge in [0.2, 0.25) is 0 Å². The number of esters is 1. The van der Waals surface area contributed by atoms with E-state index in [1.54, 1.807) is 11.8 Å². The highest BCUT2D eigenvalue weighted by atomic mass is 32.2. The first-order chi connectivity index (χ1) is 11.1. The zero-order valence-corrected chi connectivity index (χ0v) is 14.2. The second-order valence-corrected chi connectivity index (χ2v) is 6.06. The molecule has 2 atom stereocenters. The summed E-state index contributed by atoms with van der Waals surface area (Å²) in [7, 11) is 1.34. The topological polar surface area (TPSA) is 76.7 Å². The highest BCUT2D eigenvalue weighted by Gasteiger charge is 2.26. The maximum atomic E-state index is 12.3. The molecule has 0 aliphatic carbocycles. The maximum absolute atomic E-state index is 12.3. The molecule has 1 heterocycles. The lowest BCUT2D eigenvalue weighted by atomic mass is 10.0. The standard InChI is InChI=1S/C16H22N2O4S/c1-21-15(19)9-13(11-3-5-12(23-2)6-4-11)18-16(20)14-10-17-7-8-22-14/h3-6,13-14,17H,7-10H2,1-2H3,(H,18,20). The van der Waals surface area contributed by atoms with Gasteiger partial charge in [0.25, 0.3) is 5.91 Å². The molecule has 1 aliphatic heterocycles. The molecule has 1 aliphatic rings. The van der Waals surface area contributed by atoms with E-state index in [0.717, 1.165) is 17.0 Å². The monoisotopic (exact) mass is 338 g/mol. The number of benzene rings is 1. The fraction of sp³-hybridized carbons (Fsp3) is 0.500. The highest BCUT2D eigenvalue weighted by Crippen LogP contribution is 2.22. The molecule has 6 nitrogen and oxygen atoms in total. The van der Waals surface area contributed by atoms with Crippen molar-refractivity contribution >= 4 is 23.6 Å². The molecule has 1 aromatic rings. The minimum absolute atomic E-state index is 0.0843. The summed E-state index contributed by atoms with van der Waals surface area (Å²) < 4.78 is 10.2. The molecular formula is C16H22N2O4S. The third kappa shape index (κ3) is 5.23. The minimum atomic E-state index is -0.533. The van der Waals surface area contributed by atoms with Gasteiger partial charge >= 0.3 is 5.97 Å². The third-order valence-corrected chi connectivity index (χ3v) is 4.40. The summed E-state index contributed by atoms with van der Waals surface area (Å²) in [5.41, 5.74) is 0.866. The van der Waals surface area contributed by atoms with Crippen LogP contribution in [0.25, 0.3) is 0 Å². The van der Waals surface area contributed by atoms with Crippen LogP contribution in [0.5, 0.6) is 0 Å². The molecule has 0 radical (unpaired) electrons. The molecular weight excluding hydrogens is 316 g/mol. The smallest absolute Gasteiger partial charge is 0.307 e. The van der Waals surface area contributed by atoms with Crippen LogP contribution in [0.4, 0.5) is 0 Å². The SMILES string of the molecule is COC(=O)CC(NC(=O)C1CNCCO1)c1ccc(SC)cc1. The van der Waals surface area contributed by atoms with Gasteiger partial charge in [-0.1, -0.05) is 12.1 Å². The van der Waals surface area contributed by atoms with Gasteiger partial charge in [-0.25, -0.2) is 0 Å². The third-order valence-electron chi connectivity index (χ3n) is 3.65. The molecule has 2 unspecified atom stereocenters. The average Bonchev–Trinajstić information content (AvgIpc) is 2.61. The Hall–Kier alpha value is -1.57. The molecule has 2 rings (SSSR count). The van der Waals surface area contributed by atoms with E-state index < -0.39 is 12.1 Å². The van der Waals surface area contributed by atoms with E-state index >= 15 is 0 Å². The summed E-state index contributed by atoms with van der Waals surface area (Å²) in [6.45, 7) is 1.72. The number of amides is 1. The van der Waals surface area contributed by atoms with Crippen molar-refractivity contribution in [1.82, 2.24) is 10.6 Å². The number of carbonyl (C=O) groups is 2. The van der Waals surface area contributed by atoms with E-state index in [0.29, 0.717) is 13.2 Å². The summed E-state index contributed by atoms with van der Waals surface area (Å²) >= 11 is 1.64. The second kappa shape index (κ2) is 8.90. The zero-order chi connectivity index (χ0) is 16.7. The van der Waals surface area contributed by atoms with Crippen molar-refractivity contribution in [3.63, 3.8) is 0 Å². The summed E-state index contributed by atoms with van der Waals surface area (Å²) in [5.74, 6) is -0.591. The van der Waals surface area contributed by atoms with Gasteiger partial charge in [-0.3, -0.25) is 9.59 Å². The van der Waals surface area contributed by atoms with Crippen LogP contribution in [-0.4, -0.2) is 51.0 Å². The van der Waals surface area contributed by atoms with Crippen LogP contribution in [0.15, 0.2) is 29.2 Å². The van der Waals surface area contributed by atoms with Gasteiger partial charge < -0.3 is 20.1 Å². The average molecular weight is 338 g/mol. The van der Waals surface area contributed by atoms with E-state index in [9.17, 15) is 9.59 Å². The lowest BCUT2D eigenvalue weighted by Gasteiger charge is -2.26. The predicted octanol–water partition coefficient (Wildman–Crippen LogP) is 1.12. The van der Waals surface area contributed by atoms with Crippen molar-refractivity contribution in [1.29, 1.82) is 0 Å². The zero-order valence-electron chi connectivity index (χ0n) is 13.3. The predicted molar refractivity (Wildman–Crippen MR) is 88.3 cm³/mol. The van der Waals surface area contributed by atoms with Crippen LogP contribution in [0.2, 0.25) is 0 Å². The Balaban J connectivity index is 2.08. The highest BCUT2D eigenvalue weighted by molar-refractivity contribution is 7.98. The van der Waals surface area contributed by atoms with Crippen molar-refractivity contribution in [2.24, 2.45) is 0 Å². The molecule has 0 spiro atoms. The number of carbonyl (C=O) groups excluding carboxylic acids is 2. The summed E-state index contributed by atoms with van der Waals surface area (Å²) in [6, 6.07) is 7.33. The fourth-order valence-corrected chi connectivity index (χ4v) is 2.75. The number of ether oxygens (including phenoxy) is 2. The number of morpholine rings is 1. The quantitative estimate of drug-likeness (QED) is 0.598. The summed E-state index contributed by atoms with van der Waals surface area (Å²) in [6.07, 6.45) is 1.55. The van der Waals surface area contributed by atoms with Crippen molar-refractivity contribution in [3.8, 4) is 0 Å². The second-order valence-electron chi connectivity index (χ2n) is 5.18.